The Kier molecular flexibility index (Phi) is 4.51. The van der Waals surface area contributed by atoms with Crippen LogP contribution in [0.3, 0.4) is 0 Å². The van der Waals surface area contributed by atoms with Gasteiger partial charge in [-0.3, -0.25) is 4.79 Å². The van der Waals surface area contributed by atoms with E-state index in [1.165, 1.54) is 19.4 Å². The summed E-state index contributed by atoms with van der Waals surface area (Å²) in [6.45, 7) is 2.89. The van der Waals surface area contributed by atoms with Gasteiger partial charge < -0.3 is 9.80 Å². The van der Waals surface area contributed by atoms with Crippen molar-refractivity contribution in [3.63, 3.8) is 0 Å². The normalized spacial score (nSPS) is 28.0. The number of rotatable bonds is 2. The van der Waals surface area contributed by atoms with Crippen LogP contribution >= 0.6 is 11.6 Å². The zero-order valence-electron chi connectivity index (χ0n) is 12.5. The van der Waals surface area contributed by atoms with Gasteiger partial charge in [0, 0.05) is 19.1 Å². The number of benzene rings is 1. The molecular formula is C17H23ClN2O. The number of hydrogen-bond acceptors (Lipinski definition) is 2. The summed E-state index contributed by atoms with van der Waals surface area (Å²) in [4.78, 5) is 17.1. The fourth-order valence-corrected chi connectivity index (χ4v) is 4.06. The number of carbonyl (C=O) groups is 1. The standard InChI is InChI=1S/C17H23ClN2O/c1-19-10-5-8-14-12-20(11-9-15(14)19)17(21)16(18)13-6-3-2-4-7-13/h2-4,6-7,14-16H,5,8-12H2,1H3. The van der Waals surface area contributed by atoms with E-state index in [1.807, 2.05) is 35.2 Å². The smallest absolute Gasteiger partial charge is 0.245 e. The van der Waals surface area contributed by atoms with Crippen molar-refractivity contribution in [3.8, 4) is 0 Å². The van der Waals surface area contributed by atoms with Crippen LogP contribution in [0.25, 0.3) is 0 Å². The lowest BCUT2D eigenvalue weighted by Gasteiger charge is -2.46. The summed E-state index contributed by atoms with van der Waals surface area (Å²) >= 11 is 6.39. The first-order valence-electron chi connectivity index (χ1n) is 7.85. The Morgan fingerprint density at radius 3 is 2.76 bits per heavy atom. The SMILES string of the molecule is CN1CCCC2CN(C(=O)C(Cl)c3ccccc3)CCC21. The van der Waals surface area contributed by atoms with E-state index in [0.29, 0.717) is 12.0 Å². The first-order chi connectivity index (χ1) is 10.2. The number of carbonyl (C=O) groups excluding carboxylic acids is 1. The van der Waals surface area contributed by atoms with Gasteiger partial charge in [0.2, 0.25) is 5.91 Å². The van der Waals surface area contributed by atoms with Crippen molar-refractivity contribution < 1.29 is 4.79 Å². The number of nitrogens with zero attached hydrogens (tertiary/aromatic N) is 2. The summed E-state index contributed by atoms with van der Waals surface area (Å²) in [7, 11) is 2.21. The second-order valence-electron chi connectivity index (χ2n) is 6.30. The highest BCUT2D eigenvalue weighted by Crippen LogP contribution is 2.32. The average Bonchev–Trinajstić information content (AvgIpc) is 2.54. The zero-order chi connectivity index (χ0) is 14.8. The second kappa shape index (κ2) is 6.37. The number of hydrogen-bond donors (Lipinski definition) is 0. The minimum absolute atomic E-state index is 0.0644. The Labute approximate surface area is 131 Å². The van der Waals surface area contributed by atoms with Gasteiger partial charge in [-0.2, -0.15) is 0 Å². The van der Waals surface area contributed by atoms with E-state index in [9.17, 15) is 4.79 Å². The first-order valence-corrected chi connectivity index (χ1v) is 8.28. The van der Waals surface area contributed by atoms with Crippen LogP contribution in [0.1, 0.15) is 30.2 Å². The fourth-order valence-electron chi connectivity index (χ4n) is 3.78. The van der Waals surface area contributed by atoms with Gasteiger partial charge in [0.05, 0.1) is 0 Å². The maximum Gasteiger partial charge on any atom is 0.245 e. The number of piperidine rings is 2. The monoisotopic (exact) mass is 306 g/mol. The number of fused-ring (bicyclic) bond motifs is 1. The number of likely N-dealkylation sites (tertiary alicyclic amines) is 2. The molecule has 0 N–H and O–H groups in total. The topological polar surface area (TPSA) is 23.6 Å². The van der Waals surface area contributed by atoms with Crippen LogP contribution in [0.5, 0.6) is 0 Å². The number of amides is 1. The van der Waals surface area contributed by atoms with Crippen molar-refractivity contribution in [2.24, 2.45) is 5.92 Å². The lowest BCUT2D eigenvalue weighted by molar-refractivity contribution is -0.134. The van der Waals surface area contributed by atoms with Crippen molar-refractivity contribution in [1.29, 1.82) is 0 Å². The molecule has 1 aromatic rings. The highest BCUT2D eigenvalue weighted by atomic mass is 35.5. The van der Waals surface area contributed by atoms with Gasteiger partial charge in [0.1, 0.15) is 5.38 Å². The molecule has 4 heteroatoms. The fraction of sp³-hybridized carbons (Fsp3) is 0.588. The third kappa shape index (κ3) is 3.09. The Hall–Kier alpha value is -1.06. The molecule has 2 fully saturated rings. The summed E-state index contributed by atoms with van der Waals surface area (Å²) < 4.78 is 0. The van der Waals surface area contributed by atoms with Crippen molar-refractivity contribution in [2.75, 3.05) is 26.7 Å². The molecule has 3 rings (SSSR count). The van der Waals surface area contributed by atoms with Crippen LogP contribution < -0.4 is 0 Å². The number of alkyl halides is 1. The highest BCUT2D eigenvalue weighted by molar-refractivity contribution is 6.30. The molecule has 3 unspecified atom stereocenters. The molecule has 0 radical (unpaired) electrons. The van der Waals surface area contributed by atoms with Crippen LogP contribution in [-0.2, 0) is 4.79 Å². The molecular weight excluding hydrogens is 284 g/mol. The van der Waals surface area contributed by atoms with Gasteiger partial charge in [0.15, 0.2) is 0 Å². The summed E-state index contributed by atoms with van der Waals surface area (Å²) in [5.41, 5.74) is 0.895. The maximum absolute atomic E-state index is 12.6. The van der Waals surface area contributed by atoms with E-state index >= 15 is 0 Å². The molecule has 0 bridgehead atoms. The molecule has 1 amide bonds. The predicted molar refractivity (Wildman–Crippen MR) is 85.4 cm³/mol. The minimum atomic E-state index is -0.552. The molecule has 0 aromatic heterocycles. The molecule has 0 spiro atoms. The zero-order valence-corrected chi connectivity index (χ0v) is 13.3. The van der Waals surface area contributed by atoms with Crippen LogP contribution in [0, 0.1) is 5.92 Å². The van der Waals surface area contributed by atoms with E-state index in [2.05, 4.69) is 11.9 Å². The van der Waals surface area contributed by atoms with Gasteiger partial charge in [-0.05, 0) is 44.3 Å². The quantitative estimate of drug-likeness (QED) is 0.784. The van der Waals surface area contributed by atoms with Gasteiger partial charge >= 0.3 is 0 Å². The molecule has 21 heavy (non-hydrogen) atoms. The Balaban J connectivity index is 1.66. The third-order valence-electron chi connectivity index (χ3n) is 4.97. The minimum Gasteiger partial charge on any atom is -0.341 e. The average molecular weight is 307 g/mol. The summed E-state index contributed by atoms with van der Waals surface area (Å²) in [5, 5.41) is -0.552. The molecule has 0 aliphatic carbocycles. The molecule has 2 heterocycles. The van der Waals surface area contributed by atoms with Gasteiger partial charge in [0.25, 0.3) is 0 Å². The molecule has 0 saturated carbocycles. The third-order valence-corrected chi connectivity index (χ3v) is 5.41. The summed E-state index contributed by atoms with van der Waals surface area (Å²) in [5.74, 6) is 0.677. The van der Waals surface area contributed by atoms with E-state index in [4.69, 9.17) is 11.6 Å². The van der Waals surface area contributed by atoms with Crippen molar-refractivity contribution in [3.05, 3.63) is 35.9 Å². The van der Waals surface area contributed by atoms with Crippen LogP contribution in [0.2, 0.25) is 0 Å². The molecule has 3 atom stereocenters. The lowest BCUT2D eigenvalue weighted by atomic mass is 9.84. The lowest BCUT2D eigenvalue weighted by Crippen LogP contribution is -2.54. The molecule has 2 aliphatic heterocycles. The maximum atomic E-state index is 12.6. The second-order valence-corrected chi connectivity index (χ2v) is 6.73. The molecule has 2 saturated heterocycles. The van der Waals surface area contributed by atoms with E-state index in [1.54, 1.807) is 0 Å². The molecule has 114 valence electrons. The van der Waals surface area contributed by atoms with Crippen molar-refractivity contribution in [2.45, 2.75) is 30.7 Å². The molecule has 3 nitrogen and oxygen atoms in total. The molecule has 1 aromatic carbocycles. The van der Waals surface area contributed by atoms with E-state index in [-0.39, 0.29) is 5.91 Å². The summed E-state index contributed by atoms with van der Waals surface area (Å²) in [6, 6.07) is 10.3. The highest BCUT2D eigenvalue weighted by Gasteiger charge is 2.37. The van der Waals surface area contributed by atoms with Gasteiger partial charge in [-0.15, -0.1) is 11.6 Å². The van der Waals surface area contributed by atoms with E-state index < -0.39 is 5.38 Å². The van der Waals surface area contributed by atoms with E-state index in [0.717, 1.165) is 25.1 Å². The summed E-state index contributed by atoms with van der Waals surface area (Å²) in [6.07, 6.45) is 3.55. The van der Waals surface area contributed by atoms with Crippen LogP contribution in [-0.4, -0.2) is 48.4 Å². The van der Waals surface area contributed by atoms with Gasteiger partial charge in [-0.25, -0.2) is 0 Å². The van der Waals surface area contributed by atoms with Crippen molar-refractivity contribution in [1.82, 2.24) is 9.80 Å². The largest absolute Gasteiger partial charge is 0.341 e. The number of halogens is 1. The van der Waals surface area contributed by atoms with Crippen LogP contribution in [0.15, 0.2) is 30.3 Å². The van der Waals surface area contributed by atoms with Crippen LogP contribution in [0.4, 0.5) is 0 Å². The van der Waals surface area contributed by atoms with Crippen molar-refractivity contribution >= 4 is 17.5 Å². The predicted octanol–water partition coefficient (Wildman–Crippen LogP) is 2.91. The Bertz CT molecular complexity index is 493. The Morgan fingerprint density at radius 2 is 2.00 bits per heavy atom. The first kappa shape index (κ1) is 14.9. The Morgan fingerprint density at radius 1 is 1.24 bits per heavy atom. The van der Waals surface area contributed by atoms with Gasteiger partial charge in [-0.1, -0.05) is 30.3 Å². The molecule has 2 aliphatic rings.